The van der Waals surface area contributed by atoms with E-state index >= 15 is 0 Å². The zero-order valence-electron chi connectivity index (χ0n) is 13.8. The van der Waals surface area contributed by atoms with Crippen molar-refractivity contribution in [2.24, 2.45) is 5.92 Å². The third kappa shape index (κ3) is 4.29. The summed E-state index contributed by atoms with van der Waals surface area (Å²) in [4.78, 5) is 37.2. The molecule has 2 N–H and O–H groups in total. The Labute approximate surface area is 145 Å². The van der Waals surface area contributed by atoms with E-state index in [-0.39, 0.29) is 23.3 Å². The van der Waals surface area contributed by atoms with E-state index in [0.29, 0.717) is 18.2 Å². The summed E-state index contributed by atoms with van der Waals surface area (Å²) in [6, 6.07) is 5.93. The van der Waals surface area contributed by atoms with Crippen molar-refractivity contribution in [2.45, 2.75) is 32.9 Å². The maximum atomic E-state index is 12.4. The number of hydrogen-bond donors (Lipinski definition) is 2. The number of rotatable bonds is 6. The van der Waals surface area contributed by atoms with Crippen LogP contribution in [0.5, 0.6) is 0 Å². The molecule has 1 aliphatic heterocycles. The number of benzene rings is 1. The average molecular weight is 350 g/mol. The molecule has 0 bridgehead atoms. The Morgan fingerprint density at radius 1 is 1.33 bits per heavy atom. The SMILES string of the molecule is CCC(C)C(=O)N1CSCC1C(=O)NCc1ccc(C(=O)O)cc1. The molecule has 6 nitrogen and oxygen atoms in total. The molecule has 2 unspecified atom stereocenters. The van der Waals surface area contributed by atoms with E-state index in [4.69, 9.17) is 5.11 Å². The molecule has 1 saturated heterocycles. The number of carbonyl (C=O) groups is 3. The average Bonchev–Trinajstić information content (AvgIpc) is 3.08. The Balaban J connectivity index is 1.93. The van der Waals surface area contributed by atoms with Gasteiger partial charge in [0.1, 0.15) is 6.04 Å². The Hall–Kier alpha value is -2.02. The van der Waals surface area contributed by atoms with E-state index in [0.717, 1.165) is 12.0 Å². The molecule has 1 aromatic carbocycles. The molecule has 0 spiro atoms. The lowest BCUT2D eigenvalue weighted by Crippen LogP contribution is -2.48. The van der Waals surface area contributed by atoms with Crippen LogP contribution in [0.3, 0.4) is 0 Å². The predicted octanol–water partition coefficient (Wildman–Crippen LogP) is 1.95. The number of nitrogens with zero attached hydrogens (tertiary/aromatic N) is 1. The quantitative estimate of drug-likeness (QED) is 0.819. The molecular weight excluding hydrogens is 328 g/mol. The molecule has 0 aliphatic carbocycles. The van der Waals surface area contributed by atoms with E-state index in [9.17, 15) is 14.4 Å². The van der Waals surface area contributed by atoms with E-state index in [1.54, 1.807) is 28.8 Å². The summed E-state index contributed by atoms with van der Waals surface area (Å²) in [5, 5.41) is 11.7. The molecule has 0 radical (unpaired) electrons. The Bertz CT molecular complexity index is 618. The van der Waals surface area contributed by atoms with Crippen LogP contribution in [0.4, 0.5) is 0 Å². The van der Waals surface area contributed by atoms with Crippen LogP contribution >= 0.6 is 11.8 Å². The van der Waals surface area contributed by atoms with Crippen molar-refractivity contribution >= 4 is 29.5 Å². The van der Waals surface area contributed by atoms with Crippen LogP contribution in [0.1, 0.15) is 36.2 Å². The lowest BCUT2D eigenvalue weighted by atomic mass is 10.1. The van der Waals surface area contributed by atoms with Crippen molar-refractivity contribution in [1.82, 2.24) is 10.2 Å². The van der Waals surface area contributed by atoms with Crippen molar-refractivity contribution in [3.63, 3.8) is 0 Å². The Kier molecular flexibility index (Phi) is 6.25. The summed E-state index contributed by atoms with van der Waals surface area (Å²) in [5.74, 6) is -0.0525. The highest BCUT2D eigenvalue weighted by molar-refractivity contribution is 7.99. The van der Waals surface area contributed by atoms with Crippen LogP contribution in [-0.2, 0) is 16.1 Å². The van der Waals surface area contributed by atoms with Crippen molar-refractivity contribution in [1.29, 1.82) is 0 Å². The number of amides is 2. The van der Waals surface area contributed by atoms with Crippen molar-refractivity contribution in [3.8, 4) is 0 Å². The highest BCUT2D eigenvalue weighted by Crippen LogP contribution is 2.24. The fraction of sp³-hybridized carbons (Fsp3) is 0.471. The van der Waals surface area contributed by atoms with Gasteiger partial charge >= 0.3 is 5.97 Å². The molecule has 2 rings (SSSR count). The number of carboxylic acids is 1. The lowest BCUT2D eigenvalue weighted by molar-refractivity contribution is -0.140. The summed E-state index contributed by atoms with van der Waals surface area (Å²) in [7, 11) is 0. The zero-order valence-corrected chi connectivity index (χ0v) is 14.6. The Morgan fingerprint density at radius 2 is 2.00 bits per heavy atom. The number of nitrogens with one attached hydrogen (secondary N) is 1. The van der Waals surface area contributed by atoms with Crippen LogP contribution in [0.15, 0.2) is 24.3 Å². The predicted molar refractivity (Wildman–Crippen MR) is 92.7 cm³/mol. The summed E-state index contributed by atoms with van der Waals surface area (Å²) < 4.78 is 0. The minimum atomic E-state index is -0.979. The fourth-order valence-corrected chi connectivity index (χ4v) is 3.57. The summed E-state index contributed by atoms with van der Waals surface area (Å²) in [5.41, 5.74) is 1.03. The normalized spacial score (nSPS) is 18.2. The molecule has 0 aromatic heterocycles. The van der Waals surface area contributed by atoms with Crippen molar-refractivity contribution in [2.75, 3.05) is 11.6 Å². The van der Waals surface area contributed by atoms with Gasteiger partial charge in [-0.05, 0) is 24.1 Å². The molecule has 1 aliphatic rings. The van der Waals surface area contributed by atoms with Crippen LogP contribution in [0.25, 0.3) is 0 Å². The summed E-state index contributed by atoms with van der Waals surface area (Å²) in [6.07, 6.45) is 0.754. The highest BCUT2D eigenvalue weighted by atomic mass is 32.2. The minimum Gasteiger partial charge on any atom is -0.478 e. The molecule has 1 heterocycles. The van der Waals surface area contributed by atoms with Crippen molar-refractivity contribution in [3.05, 3.63) is 35.4 Å². The molecule has 2 amide bonds. The van der Waals surface area contributed by atoms with Gasteiger partial charge in [0.15, 0.2) is 0 Å². The second-order valence-electron chi connectivity index (χ2n) is 5.85. The van der Waals surface area contributed by atoms with Gasteiger partial charge in [0.05, 0.1) is 11.4 Å². The Morgan fingerprint density at radius 3 is 2.58 bits per heavy atom. The van der Waals surface area contributed by atoms with Gasteiger partial charge in [-0.15, -0.1) is 11.8 Å². The van der Waals surface area contributed by atoms with Gasteiger partial charge in [-0.3, -0.25) is 9.59 Å². The van der Waals surface area contributed by atoms with Gasteiger partial charge in [-0.1, -0.05) is 26.0 Å². The van der Waals surface area contributed by atoms with Gasteiger partial charge in [0.2, 0.25) is 11.8 Å². The van der Waals surface area contributed by atoms with Gasteiger partial charge in [0, 0.05) is 18.2 Å². The van der Waals surface area contributed by atoms with Gasteiger partial charge < -0.3 is 15.3 Å². The van der Waals surface area contributed by atoms with Gasteiger partial charge in [-0.2, -0.15) is 0 Å². The first-order valence-electron chi connectivity index (χ1n) is 7.92. The summed E-state index contributed by atoms with van der Waals surface area (Å²) >= 11 is 1.58. The summed E-state index contributed by atoms with van der Waals surface area (Å²) in [6.45, 7) is 4.15. The third-order valence-corrected chi connectivity index (χ3v) is 5.18. The fourth-order valence-electron chi connectivity index (χ4n) is 2.41. The maximum Gasteiger partial charge on any atom is 0.335 e. The molecule has 0 saturated carbocycles. The monoisotopic (exact) mass is 350 g/mol. The molecule has 1 fully saturated rings. The topological polar surface area (TPSA) is 86.7 Å². The third-order valence-electron chi connectivity index (χ3n) is 4.17. The van der Waals surface area contributed by atoms with E-state index in [2.05, 4.69) is 5.32 Å². The van der Waals surface area contributed by atoms with E-state index < -0.39 is 12.0 Å². The number of thioether (sulfide) groups is 1. The first kappa shape index (κ1) is 18.3. The molecule has 7 heteroatoms. The van der Waals surface area contributed by atoms with Crippen LogP contribution in [0, 0.1) is 5.92 Å². The minimum absolute atomic E-state index is 0.0217. The van der Waals surface area contributed by atoms with Crippen molar-refractivity contribution < 1.29 is 19.5 Å². The second-order valence-corrected chi connectivity index (χ2v) is 6.85. The smallest absolute Gasteiger partial charge is 0.335 e. The molecule has 24 heavy (non-hydrogen) atoms. The number of aromatic carboxylic acids is 1. The van der Waals surface area contributed by atoms with Gasteiger partial charge in [0.25, 0.3) is 0 Å². The number of hydrogen-bond acceptors (Lipinski definition) is 4. The first-order valence-corrected chi connectivity index (χ1v) is 9.07. The first-order chi connectivity index (χ1) is 11.4. The van der Waals surface area contributed by atoms with Crippen LogP contribution in [0.2, 0.25) is 0 Å². The number of carboxylic acid groups (broad SMARTS) is 1. The molecule has 1 aromatic rings. The largest absolute Gasteiger partial charge is 0.478 e. The molecular formula is C17H22N2O4S. The van der Waals surface area contributed by atoms with Crippen LogP contribution < -0.4 is 5.32 Å². The standard InChI is InChI=1S/C17H22N2O4S/c1-3-11(2)16(21)19-10-24-9-14(19)15(20)18-8-12-4-6-13(7-5-12)17(22)23/h4-7,11,14H,3,8-10H2,1-2H3,(H,18,20)(H,22,23). The highest BCUT2D eigenvalue weighted by Gasteiger charge is 2.35. The molecule has 130 valence electrons. The van der Waals surface area contributed by atoms with Crippen LogP contribution in [-0.4, -0.2) is 45.5 Å². The molecule has 2 atom stereocenters. The van der Waals surface area contributed by atoms with Gasteiger partial charge in [-0.25, -0.2) is 4.79 Å². The number of carbonyl (C=O) groups excluding carboxylic acids is 2. The second kappa shape index (κ2) is 8.19. The van der Waals surface area contributed by atoms with E-state index in [1.165, 1.54) is 12.1 Å². The lowest BCUT2D eigenvalue weighted by Gasteiger charge is -2.25. The maximum absolute atomic E-state index is 12.4. The zero-order chi connectivity index (χ0) is 17.7. The van der Waals surface area contributed by atoms with E-state index in [1.807, 2.05) is 13.8 Å².